The number of fused-ring (bicyclic) bond motifs is 1. The molecular weight excluding hydrogens is 249 g/mol. The molecule has 0 saturated carbocycles. The molecule has 0 saturated heterocycles. The standard InChI is InChI=1S/C13H12FN3S/c1-17-9-5-2-4-8(14)12(9)16-13(17)11(15)10-6-3-7-18-10/h2-7,11H,15H2,1H3. The van der Waals surface area contributed by atoms with Gasteiger partial charge in [-0.15, -0.1) is 11.3 Å². The van der Waals surface area contributed by atoms with Gasteiger partial charge in [0, 0.05) is 11.9 Å². The van der Waals surface area contributed by atoms with E-state index in [4.69, 9.17) is 5.73 Å². The molecule has 0 radical (unpaired) electrons. The Morgan fingerprint density at radius 2 is 2.17 bits per heavy atom. The van der Waals surface area contributed by atoms with E-state index in [0.717, 1.165) is 10.4 Å². The molecule has 2 heterocycles. The molecule has 0 amide bonds. The molecule has 5 heteroatoms. The van der Waals surface area contributed by atoms with Crippen LogP contribution >= 0.6 is 11.3 Å². The Morgan fingerprint density at radius 3 is 2.83 bits per heavy atom. The molecule has 3 rings (SSSR count). The van der Waals surface area contributed by atoms with Gasteiger partial charge >= 0.3 is 0 Å². The van der Waals surface area contributed by atoms with Gasteiger partial charge in [-0.2, -0.15) is 0 Å². The second-order valence-electron chi connectivity index (χ2n) is 4.13. The molecule has 3 nitrogen and oxygen atoms in total. The van der Waals surface area contributed by atoms with Gasteiger partial charge in [0.2, 0.25) is 0 Å². The SMILES string of the molecule is Cn1c(C(N)c2cccs2)nc2c(F)cccc21. The smallest absolute Gasteiger partial charge is 0.151 e. The summed E-state index contributed by atoms with van der Waals surface area (Å²) < 4.78 is 15.5. The maximum absolute atomic E-state index is 13.7. The van der Waals surface area contributed by atoms with E-state index in [1.54, 1.807) is 17.4 Å². The Labute approximate surface area is 108 Å². The summed E-state index contributed by atoms with van der Waals surface area (Å²) in [5.41, 5.74) is 7.32. The van der Waals surface area contributed by atoms with Gasteiger partial charge in [-0.05, 0) is 23.6 Å². The van der Waals surface area contributed by atoms with Crippen molar-refractivity contribution in [3.8, 4) is 0 Å². The van der Waals surface area contributed by atoms with Crippen LogP contribution < -0.4 is 5.73 Å². The number of hydrogen-bond donors (Lipinski definition) is 1. The summed E-state index contributed by atoms with van der Waals surface area (Å²) in [6, 6.07) is 8.53. The van der Waals surface area contributed by atoms with Crippen molar-refractivity contribution in [1.82, 2.24) is 9.55 Å². The number of benzene rings is 1. The first-order valence-electron chi connectivity index (χ1n) is 5.58. The molecule has 2 aromatic heterocycles. The zero-order valence-electron chi connectivity index (χ0n) is 9.80. The summed E-state index contributed by atoms with van der Waals surface area (Å²) >= 11 is 1.58. The number of aryl methyl sites for hydroxylation is 1. The van der Waals surface area contributed by atoms with Crippen molar-refractivity contribution in [3.05, 3.63) is 52.2 Å². The lowest BCUT2D eigenvalue weighted by atomic mass is 10.2. The van der Waals surface area contributed by atoms with Gasteiger partial charge in [-0.25, -0.2) is 9.37 Å². The van der Waals surface area contributed by atoms with Gasteiger partial charge in [0.25, 0.3) is 0 Å². The molecule has 1 unspecified atom stereocenters. The Balaban J connectivity index is 2.18. The van der Waals surface area contributed by atoms with E-state index in [0.29, 0.717) is 11.3 Å². The van der Waals surface area contributed by atoms with E-state index in [9.17, 15) is 4.39 Å². The van der Waals surface area contributed by atoms with E-state index < -0.39 is 0 Å². The highest BCUT2D eigenvalue weighted by Crippen LogP contribution is 2.26. The number of rotatable bonds is 2. The second kappa shape index (κ2) is 4.19. The average molecular weight is 261 g/mol. The van der Waals surface area contributed by atoms with Crippen LogP contribution in [0.15, 0.2) is 35.7 Å². The fourth-order valence-electron chi connectivity index (χ4n) is 2.07. The minimum Gasteiger partial charge on any atom is -0.329 e. The van der Waals surface area contributed by atoms with Gasteiger partial charge < -0.3 is 10.3 Å². The molecule has 0 bridgehead atoms. The van der Waals surface area contributed by atoms with E-state index in [1.165, 1.54) is 6.07 Å². The molecule has 0 aliphatic heterocycles. The first kappa shape index (κ1) is 11.4. The van der Waals surface area contributed by atoms with E-state index >= 15 is 0 Å². The Kier molecular flexibility index (Phi) is 2.65. The molecule has 2 N–H and O–H groups in total. The molecular formula is C13H12FN3S. The number of aromatic nitrogens is 2. The number of para-hydroxylation sites is 1. The highest BCUT2D eigenvalue weighted by Gasteiger charge is 2.18. The number of imidazole rings is 1. The lowest BCUT2D eigenvalue weighted by Gasteiger charge is -2.09. The first-order valence-corrected chi connectivity index (χ1v) is 6.46. The fourth-order valence-corrected chi connectivity index (χ4v) is 2.80. The van der Waals surface area contributed by atoms with Crippen LogP contribution in [-0.2, 0) is 7.05 Å². The third-order valence-electron chi connectivity index (χ3n) is 3.02. The van der Waals surface area contributed by atoms with Crippen molar-refractivity contribution >= 4 is 22.4 Å². The number of nitrogens with two attached hydrogens (primary N) is 1. The molecule has 1 atom stereocenters. The average Bonchev–Trinajstić information content (AvgIpc) is 2.98. The van der Waals surface area contributed by atoms with Crippen molar-refractivity contribution in [2.75, 3.05) is 0 Å². The van der Waals surface area contributed by atoms with E-state index in [2.05, 4.69) is 4.98 Å². The molecule has 1 aromatic carbocycles. The third-order valence-corrected chi connectivity index (χ3v) is 3.98. The van der Waals surface area contributed by atoms with Crippen LogP contribution in [-0.4, -0.2) is 9.55 Å². The quantitative estimate of drug-likeness (QED) is 0.771. The van der Waals surface area contributed by atoms with Gasteiger partial charge in [0.15, 0.2) is 5.82 Å². The Morgan fingerprint density at radius 1 is 1.33 bits per heavy atom. The normalized spacial score (nSPS) is 13.1. The van der Waals surface area contributed by atoms with Crippen LogP contribution in [0.3, 0.4) is 0 Å². The zero-order chi connectivity index (χ0) is 12.7. The number of halogens is 1. The van der Waals surface area contributed by atoms with Gasteiger partial charge in [-0.1, -0.05) is 12.1 Å². The molecule has 0 spiro atoms. The summed E-state index contributed by atoms with van der Waals surface area (Å²) in [5.74, 6) is 0.366. The Bertz CT molecular complexity index is 688. The number of nitrogens with zero attached hydrogens (tertiary/aromatic N) is 2. The van der Waals surface area contributed by atoms with E-state index in [-0.39, 0.29) is 11.9 Å². The third kappa shape index (κ3) is 1.63. The lowest BCUT2D eigenvalue weighted by molar-refractivity contribution is 0.636. The summed E-state index contributed by atoms with van der Waals surface area (Å²) in [6.07, 6.45) is 0. The van der Waals surface area contributed by atoms with Crippen molar-refractivity contribution in [3.63, 3.8) is 0 Å². The van der Waals surface area contributed by atoms with Crippen molar-refractivity contribution in [2.24, 2.45) is 12.8 Å². The lowest BCUT2D eigenvalue weighted by Crippen LogP contribution is -2.15. The van der Waals surface area contributed by atoms with Crippen LogP contribution in [0.4, 0.5) is 4.39 Å². The molecule has 18 heavy (non-hydrogen) atoms. The highest BCUT2D eigenvalue weighted by atomic mass is 32.1. The first-order chi connectivity index (χ1) is 8.68. The topological polar surface area (TPSA) is 43.8 Å². The Hall–Kier alpha value is -1.72. The minimum absolute atomic E-state index is 0.312. The predicted octanol–water partition coefficient (Wildman–Crippen LogP) is 2.82. The minimum atomic E-state index is -0.318. The predicted molar refractivity (Wildman–Crippen MR) is 71.0 cm³/mol. The van der Waals surface area contributed by atoms with Gasteiger partial charge in [0.05, 0.1) is 11.6 Å². The largest absolute Gasteiger partial charge is 0.329 e. The summed E-state index contributed by atoms with van der Waals surface area (Å²) in [7, 11) is 1.86. The van der Waals surface area contributed by atoms with Crippen LogP contribution in [0.5, 0.6) is 0 Å². The van der Waals surface area contributed by atoms with Gasteiger partial charge in [-0.3, -0.25) is 0 Å². The summed E-state index contributed by atoms with van der Waals surface area (Å²) in [6.45, 7) is 0. The zero-order valence-corrected chi connectivity index (χ0v) is 10.6. The highest BCUT2D eigenvalue weighted by molar-refractivity contribution is 7.10. The molecule has 92 valence electrons. The summed E-state index contributed by atoms with van der Waals surface area (Å²) in [5, 5.41) is 1.97. The van der Waals surface area contributed by atoms with Crippen molar-refractivity contribution in [1.29, 1.82) is 0 Å². The van der Waals surface area contributed by atoms with Crippen LogP contribution in [0.2, 0.25) is 0 Å². The molecule has 0 fully saturated rings. The monoisotopic (exact) mass is 261 g/mol. The fraction of sp³-hybridized carbons (Fsp3) is 0.154. The van der Waals surface area contributed by atoms with Crippen molar-refractivity contribution in [2.45, 2.75) is 6.04 Å². The maximum Gasteiger partial charge on any atom is 0.151 e. The molecule has 0 aliphatic carbocycles. The summed E-state index contributed by atoms with van der Waals surface area (Å²) in [4.78, 5) is 5.36. The van der Waals surface area contributed by atoms with Crippen LogP contribution in [0.25, 0.3) is 11.0 Å². The van der Waals surface area contributed by atoms with Crippen LogP contribution in [0, 0.1) is 5.82 Å². The van der Waals surface area contributed by atoms with Crippen molar-refractivity contribution < 1.29 is 4.39 Å². The maximum atomic E-state index is 13.7. The molecule has 0 aliphatic rings. The second-order valence-corrected chi connectivity index (χ2v) is 5.11. The van der Waals surface area contributed by atoms with E-state index in [1.807, 2.05) is 35.2 Å². The molecule has 3 aromatic rings. The van der Waals surface area contributed by atoms with Gasteiger partial charge in [0.1, 0.15) is 11.3 Å². The number of hydrogen-bond acceptors (Lipinski definition) is 3. The number of thiophene rings is 1. The van der Waals surface area contributed by atoms with Crippen LogP contribution in [0.1, 0.15) is 16.7 Å².